The summed E-state index contributed by atoms with van der Waals surface area (Å²) in [6, 6.07) is 0. The van der Waals surface area contributed by atoms with Gasteiger partial charge in [-0.15, -0.1) is 0 Å². The molecule has 0 amide bonds. The number of allylic oxidation sites excluding steroid dienone is 2. The number of hydrogen-bond donors (Lipinski definition) is 1. The van der Waals surface area contributed by atoms with Gasteiger partial charge in [-0.05, 0) is 61.9 Å². The third-order valence-corrected chi connectivity index (χ3v) is 4.69. The lowest BCUT2D eigenvalue weighted by atomic mass is 9.61. The number of fused-ring (bicyclic) bond motifs is 1. The normalized spacial score (nSPS) is 38.8. The van der Waals surface area contributed by atoms with Crippen LogP contribution in [0.4, 0.5) is 0 Å². The van der Waals surface area contributed by atoms with Crippen molar-refractivity contribution in [2.24, 2.45) is 23.7 Å². The van der Waals surface area contributed by atoms with Crippen molar-refractivity contribution < 1.29 is 5.11 Å². The highest BCUT2D eigenvalue weighted by Gasteiger charge is 2.38. The van der Waals surface area contributed by atoms with Crippen molar-refractivity contribution in [1.29, 1.82) is 0 Å². The molecule has 1 heteroatoms. The maximum Gasteiger partial charge on any atom is 0.0641 e. The molecule has 1 nitrogen and oxygen atoms in total. The van der Waals surface area contributed by atoms with Gasteiger partial charge in [-0.1, -0.05) is 25.2 Å². The summed E-state index contributed by atoms with van der Waals surface area (Å²) in [5, 5.41) is 9.28. The first-order chi connectivity index (χ1) is 7.63. The van der Waals surface area contributed by atoms with E-state index < -0.39 is 0 Å². The molecule has 0 aromatic heterocycles. The Morgan fingerprint density at radius 1 is 1.44 bits per heavy atom. The van der Waals surface area contributed by atoms with E-state index in [2.05, 4.69) is 26.5 Å². The lowest BCUT2D eigenvalue weighted by Crippen LogP contribution is -2.35. The second-order valence-corrected chi connectivity index (χ2v) is 5.77. The van der Waals surface area contributed by atoms with Gasteiger partial charge >= 0.3 is 0 Å². The van der Waals surface area contributed by atoms with E-state index in [1.807, 2.05) is 0 Å². The average molecular weight is 220 g/mol. The molecule has 2 aliphatic rings. The molecular weight excluding hydrogens is 196 g/mol. The number of hydrogen-bond acceptors (Lipinski definition) is 1. The largest absolute Gasteiger partial charge is 0.392 e. The molecule has 2 aliphatic carbocycles. The van der Waals surface area contributed by atoms with Crippen molar-refractivity contribution in [2.45, 2.75) is 39.5 Å². The Bertz CT molecular complexity index is 303. The molecule has 0 spiro atoms. The highest BCUT2D eigenvalue weighted by Crippen LogP contribution is 2.47. The van der Waals surface area contributed by atoms with Gasteiger partial charge in [0.05, 0.1) is 6.61 Å². The van der Waals surface area contributed by atoms with Crippen LogP contribution in [0.15, 0.2) is 23.8 Å². The van der Waals surface area contributed by atoms with E-state index in [9.17, 15) is 5.11 Å². The summed E-state index contributed by atoms with van der Waals surface area (Å²) in [5.41, 5.74) is 2.58. The maximum atomic E-state index is 9.28. The highest BCUT2D eigenvalue weighted by atomic mass is 16.3. The van der Waals surface area contributed by atoms with Gasteiger partial charge in [0.2, 0.25) is 0 Å². The van der Waals surface area contributed by atoms with Gasteiger partial charge in [0.1, 0.15) is 0 Å². The molecule has 90 valence electrons. The van der Waals surface area contributed by atoms with E-state index in [1.165, 1.54) is 30.4 Å². The van der Waals surface area contributed by atoms with Crippen molar-refractivity contribution in [2.75, 3.05) is 6.61 Å². The molecule has 0 aromatic carbocycles. The molecule has 0 heterocycles. The van der Waals surface area contributed by atoms with Gasteiger partial charge in [-0.2, -0.15) is 0 Å². The molecule has 4 atom stereocenters. The second kappa shape index (κ2) is 4.75. The third-order valence-electron chi connectivity index (χ3n) is 4.69. The van der Waals surface area contributed by atoms with Gasteiger partial charge < -0.3 is 5.11 Å². The summed E-state index contributed by atoms with van der Waals surface area (Å²) in [7, 11) is 0. The predicted molar refractivity (Wildman–Crippen MR) is 68.1 cm³/mol. The molecule has 2 rings (SSSR count). The average Bonchev–Trinajstić information content (AvgIpc) is 2.28. The fraction of sp³-hybridized carbons (Fsp3) is 0.733. The standard InChI is InChI=1S/C15H24O/c1-10(2)13-6-4-11(3)14-7-5-12(9-16)8-15(13)14/h8,11,13-16H,1,4-7,9H2,2-3H3/t11-,13+,14+,15-/m1/s1. The number of aliphatic hydroxyl groups is 1. The molecular formula is C15H24O. The van der Waals surface area contributed by atoms with Crippen LogP contribution in [0.1, 0.15) is 39.5 Å². The summed E-state index contributed by atoms with van der Waals surface area (Å²) < 4.78 is 0. The highest BCUT2D eigenvalue weighted by molar-refractivity contribution is 5.17. The Hall–Kier alpha value is -0.560. The lowest BCUT2D eigenvalue weighted by Gasteiger charge is -2.44. The van der Waals surface area contributed by atoms with Crippen molar-refractivity contribution >= 4 is 0 Å². The van der Waals surface area contributed by atoms with Crippen LogP contribution in [0.25, 0.3) is 0 Å². The van der Waals surface area contributed by atoms with Crippen molar-refractivity contribution in [1.82, 2.24) is 0 Å². The minimum Gasteiger partial charge on any atom is -0.392 e. The summed E-state index contributed by atoms with van der Waals surface area (Å²) in [6.45, 7) is 8.96. The first kappa shape index (κ1) is 11.9. The van der Waals surface area contributed by atoms with E-state index in [1.54, 1.807) is 0 Å². The van der Waals surface area contributed by atoms with Crippen LogP contribution in [-0.2, 0) is 0 Å². The van der Waals surface area contributed by atoms with Gasteiger partial charge in [-0.25, -0.2) is 0 Å². The summed E-state index contributed by atoms with van der Waals surface area (Å²) in [5.74, 6) is 2.98. The quantitative estimate of drug-likeness (QED) is 0.706. The van der Waals surface area contributed by atoms with Gasteiger partial charge in [0, 0.05) is 0 Å². The molecule has 1 saturated carbocycles. The predicted octanol–water partition coefficient (Wildman–Crippen LogP) is 3.55. The van der Waals surface area contributed by atoms with E-state index in [-0.39, 0.29) is 6.61 Å². The Morgan fingerprint density at radius 2 is 2.19 bits per heavy atom. The van der Waals surface area contributed by atoms with Crippen LogP contribution in [0, 0.1) is 23.7 Å². The lowest BCUT2D eigenvalue weighted by molar-refractivity contribution is 0.132. The van der Waals surface area contributed by atoms with E-state index in [0.29, 0.717) is 11.8 Å². The second-order valence-electron chi connectivity index (χ2n) is 5.77. The first-order valence-corrected chi connectivity index (χ1v) is 6.59. The number of aliphatic hydroxyl groups excluding tert-OH is 1. The minimum atomic E-state index is 0.251. The Labute approximate surface area is 99.3 Å². The van der Waals surface area contributed by atoms with Crippen LogP contribution < -0.4 is 0 Å². The van der Waals surface area contributed by atoms with Gasteiger partial charge in [0.15, 0.2) is 0 Å². The molecule has 0 saturated heterocycles. The molecule has 0 bridgehead atoms. The third kappa shape index (κ3) is 2.10. The first-order valence-electron chi connectivity index (χ1n) is 6.59. The Morgan fingerprint density at radius 3 is 2.81 bits per heavy atom. The molecule has 0 aliphatic heterocycles. The van der Waals surface area contributed by atoms with Crippen LogP contribution in [0.3, 0.4) is 0 Å². The topological polar surface area (TPSA) is 20.2 Å². The zero-order chi connectivity index (χ0) is 11.7. The Balaban J connectivity index is 2.23. The zero-order valence-corrected chi connectivity index (χ0v) is 10.6. The van der Waals surface area contributed by atoms with Crippen molar-refractivity contribution in [3.63, 3.8) is 0 Å². The van der Waals surface area contributed by atoms with Crippen molar-refractivity contribution in [3.05, 3.63) is 23.8 Å². The zero-order valence-electron chi connectivity index (χ0n) is 10.6. The van der Waals surface area contributed by atoms with E-state index in [4.69, 9.17) is 0 Å². The van der Waals surface area contributed by atoms with E-state index in [0.717, 1.165) is 18.3 Å². The molecule has 1 fully saturated rings. The van der Waals surface area contributed by atoms with E-state index >= 15 is 0 Å². The number of rotatable bonds is 2. The maximum absolute atomic E-state index is 9.28. The van der Waals surface area contributed by atoms with Crippen LogP contribution in [0.5, 0.6) is 0 Å². The summed E-state index contributed by atoms with van der Waals surface area (Å²) in [4.78, 5) is 0. The summed E-state index contributed by atoms with van der Waals surface area (Å²) in [6.07, 6.45) is 7.37. The minimum absolute atomic E-state index is 0.251. The Kier molecular flexibility index (Phi) is 3.53. The van der Waals surface area contributed by atoms with Gasteiger partial charge in [-0.3, -0.25) is 0 Å². The molecule has 1 N–H and O–H groups in total. The molecule has 0 radical (unpaired) electrons. The SMILES string of the molecule is C=C(C)[C@@H]1CC[C@@H](C)[C@@H]2CCC(CO)=C[C@@H]21. The van der Waals surface area contributed by atoms with Crippen LogP contribution >= 0.6 is 0 Å². The molecule has 0 aromatic rings. The fourth-order valence-corrected chi connectivity index (χ4v) is 3.66. The molecule has 0 unspecified atom stereocenters. The smallest absolute Gasteiger partial charge is 0.0641 e. The van der Waals surface area contributed by atoms with Gasteiger partial charge in [0.25, 0.3) is 0 Å². The molecule has 16 heavy (non-hydrogen) atoms. The fourth-order valence-electron chi connectivity index (χ4n) is 3.66. The van der Waals surface area contributed by atoms with Crippen LogP contribution in [0.2, 0.25) is 0 Å². The van der Waals surface area contributed by atoms with Crippen LogP contribution in [-0.4, -0.2) is 11.7 Å². The monoisotopic (exact) mass is 220 g/mol. The summed E-state index contributed by atoms with van der Waals surface area (Å²) >= 11 is 0. The van der Waals surface area contributed by atoms with Crippen molar-refractivity contribution in [3.8, 4) is 0 Å².